The minimum Gasteiger partial charge on any atom is -0.324 e. The van der Waals surface area contributed by atoms with Crippen LogP contribution in [0.25, 0.3) is 0 Å². The van der Waals surface area contributed by atoms with Gasteiger partial charge in [-0.3, -0.25) is 0 Å². The quantitative estimate of drug-likeness (QED) is 0.785. The summed E-state index contributed by atoms with van der Waals surface area (Å²) in [6.45, 7) is 6.37. The maximum atomic E-state index is 6.08. The summed E-state index contributed by atoms with van der Waals surface area (Å²) in [7, 11) is 0. The molecule has 1 nitrogen and oxygen atoms in total. The van der Waals surface area contributed by atoms with E-state index in [1.807, 2.05) is 24.3 Å². The van der Waals surface area contributed by atoms with Crippen LogP contribution < -0.4 is 5.73 Å². The van der Waals surface area contributed by atoms with E-state index in [2.05, 4.69) is 20.8 Å². The van der Waals surface area contributed by atoms with Gasteiger partial charge in [0.1, 0.15) is 0 Å². The van der Waals surface area contributed by atoms with Gasteiger partial charge in [-0.2, -0.15) is 0 Å². The molecule has 0 aliphatic carbocycles. The van der Waals surface area contributed by atoms with Gasteiger partial charge in [0.05, 0.1) is 0 Å². The average molecular weight is 234 g/mol. The van der Waals surface area contributed by atoms with E-state index in [0.29, 0.717) is 0 Å². The van der Waals surface area contributed by atoms with Crippen LogP contribution in [0.1, 0.15) is 32.4 Å². The van der Waals surface area contributed by atoms with Crippen molar-refractivity contribution in [3.05, 3.63) is 34.9 Å². The van der Waals surface area contributed by atoms with E-state index in [4.69, 9.17) is 17.3 Å². The van der Waals surface area contributed by atoms with E-state index >= 15 is 0 Å². The Morgan fingerprint density at radius 3 is 2.29 bits per heavy atom. The monoisotopic (exact) mass is 233 g/mol. The molecule has 0 saturated heterocycles. The Labute approximate surface area is 97.1 Å². The van der Waals surface area contributed by atoms with Crippen LogP contribution in [0.5, 0.6) is 0 Å². The molecule has 0 saturated carbocycles. The highest BCUT2D eigenvalue weighted by Gasteiger charge is 2.21. The minimum absolute atomic E-state index is 0. The lowest BCUT2D eigenvalue weighted by Gasteiger charge is -2.27. The van der Waals surface area contributed by atoms with Crippen molar-refractivity contribution in [3.8, 4) is 0 Å². The third-order valence-electron chi connectivity index (χ3n) is 2.14. The van der Waals surface area contributed by atoms with E-state index in [1.54, 1.807) is 0 Å². The summed E-state index contributed by atoms with van der Waals surface area (Å²) in [6, 6.07) is 7.77. The van der Waals surface area contributed by atoms with Gasteiger partial charge in [0.15, 0.2) is 0 Å². The fraction of sp³-hybridized carbons (Fsp3) is 0.455. The summed E-state index contributed by atoms with van der Waals surface area (Å²) in [6.07, 6.45) is 0. The Kier molecular flexibility index (Phi) is 4.93. The molecule has 80 valence electrons. The summed E-state index contributed by atoms with van der Waals surface area (Å²) >= 11 is 5.88. The van der Waals surface area contributed by atoms with E-state index in [9.17, 15) is 0 Å². The molecule has 0 heterocycles. The topological polar surface area (TPSA) is 26.0 Å². The molecule has 0 unspecified atom stereocenters. The highest BCUT2D eigenvalue weighted by molar-refractivity contribution is 6.30. The second-order valence-corrected chi connectivity index (χ2v) is 4.84. The van der Waals surface area contributed by atoms with Crippen molar-refractivity contribution in [3.63, 3.8) is 0 Å². The van der Waals surface area contributed by atoms with Crippen LogP contribution in [0.4, 0.5) is 0 Å². The third kappa shape index (κ3) is 3.49. The Bertz CT molecular complexity index is 292. The minimum atomic E-state index is 0. The zero-order valence-corrected chi connectivity index (χ0v) is 10.3. The molecular weight excluding hydrogens is 217 g/mol. The molecule has 0 aliphatic heterocycles. The summed E-state index contributed by atoms with van der Waals surface area (Å²) in [5.41, 5.74) is 7.25. The predicted molar refractivity (Wildman–Crippen MR) is 65.1 cm³/mol. The number of benzene rings is 1. The normalized spacial score (nSPS) is 13.2. The molecule has 0 bridgehead atoms. The lowest BCUT2D eigenvalue weighted by Crippen LogP contribution is -2.26. The van der Waals surface area contributed by atoms with Crippen LogP contribution in [0.3, 0.4) is 0 Å². The van der Waals surface area contributed by atoms with Crippen molar-refractivity contribution in [2.24, 2.45) is 11.1 Å². The maximum Gasteiger partial charge on any atom is 0.0409 e. The second-order valence-electron chi connectivity index (χ2n) is 4.40. The SMILES string of the molecule is CC(C)(C)[C@@H](N)c1cccc(Cl)c1.Cl. The second kappa shape index (κ2) is 5.01. The first-order valence-corrected chi connectivity index (χ1v) is 4.80. The largest absolute Gasteiger partial charge is 0.324 e. The predicted octanol–water partition coefficient (Wildman–Crippen LogP) is 3.81. The van der Waals surface area contributed by atoms with Crippen LogP contribution in [-0.4, -0.2) is 0 Å². The van der Waals surface area contributed by atoms with Gasteiger partial charge in [0.25, 0.3) is 0 Å². The molecule has 1 aromatic rings. The van der Waals surface area contributed by atoms with Crippen molar-refractivity contribution in [1.29, 1.82) is 0 Å². The van der Waals surface area contributed by atoms with Crippen LogP contribution in [0.2, 0.25) is 5.02 Å². The number of nitrogens with two attached hydrogens (primary N) is 1. The molecule has 1 rings (SSSR count). The Morgan fingerprint density at radius 1 is 1.29 bits per heavy atom. The Hall–Kier alpha value is -0.240. The van der Waals surface area contributed by atoms with Crippen LogP contribution in [0.15, 0.2) is 24.3 Å². The molecule has 0 aliphatic rings. The summed E-state index contributed by atoms with van der Waals surface area (Å²) < 4.78 is 0. The molecule has 2 N–H and O–H groups in total. The van der Waals surface area contributed by atoms with Crippen LogP contribution >= 0.6 is 24.0 Å². The van der Waals surface area contributed by atoms with Crippen molar-refractivity contribution in [2.75, 3.05) is 0 Å². The summed E-state index contributed by atoms with van der Waals surface area (Å²) in [5, 5.41) is 0.747. The molecule has 1 atom stereocenters. The van der Waals surface area contributed by atoms with Gasteiger partial charge in [-0.15, -0.1) is 12.4 Å². The number of rotatable bonds is 1. The lowest BCUT2D eigenvalue weighted by atomic mass is 9.83. The molecule has 3 heteroatoms. The maximum absolute atomic E-state index is 6.08. The number of hydrogen-bond acceptors (Lipinski definition) is 1. The Morgan fingerprint density at radius 2 is 1.86 bits per heavy atom. The molecular formula is C11H17Cl2N. The van der Waals surface area contributed by atoms with Gasteiger partial charge < -0.3 is 5.73 Å². The first kappa shape index (κ1) is 13.8. The third-order valence-corrected chi connectivity index (χ3v) is 2.38. The first-order valence-electron chi connectivity index (χ1n) is 4.42. The zero-order chi connectivity index (χ0) is 10.1. The molecule has 14 heavy (non-hydrogen) atoms. The van der Waals surface area contributed by atoms with Gasteiger partial charge in [-0.25, -0.2) is 0 Å². The average Bonchev–Trinajstić information content (AvgIpc) is 2.01. The van der Waals surface area contributed by atoms with Gasteiger partial charge in [-0.05, 0) is 23.1 Å². The van der Waals surface area contributed by atoms with Gasteiger partial charge in [0.2, 0.25) is 0 Å². The summed E-state index contributed by atoms with van der Waals surface area (Å²) in [4.78, 5) is 0. The van der Waals surface area contributed by atoms with Gasteiger partial charge >= 0.3 is 0 Å². The van der Waals surface area contributed by atoms with Crippen molar-refractivity contribution < 1.29 is 0 Å². The van der Waals surface area contributed by atoms with E-state index in [0.717, 1.165) is 10.6 Å². The fourth-order valence-corrected chi connectivity index (χ4v) is 1.40. The van der Waals surface area contributed by atoms with E-state index in [1.165, 1.54) is 0 Å². The molecule has 0 aromatic heterocycles. The van der Waals surface area contributed by atoms with Crippen molar-refractivity contribution in [1.82, 2.24) is 0 Å². The molecule has 0 amide bonds. The molecule has 1 aromatic carbocycles. The first-order chi connectivity index (χ1) is 5.91. The van der Waals surface area contributed by atoms with Crippen LogP contribution in [0, 0.1) is 5.41 Å². The fourth-order valence-electron chi connectivity index (χ4n) is 1.20. The number of halogens is 2. The lowest BCUT2D eigenvalue weighted by molar-refractivity contribution is 0.327. The standard InChI is InChI=1S/C11H16ClN.ClH/c1-11(2,3)10(13)8-5-4-6-9(12)7-8;/h4-7,10H,13H2,1-3H3;1H/t10-;/m0./s1. The highest BCUT2D eigenvalue weighted by Crippen LogP contribution is 2.31. The smallest absolute Gasteiger partial charge is 0.0409 e. The van der Waals surface area contributed by atoms with Gasteiger partial charge in [0, 0.05) is 11.1 Å². The Balaban J connectivity index is 0.00000169. The van der Waals surface area contributed by atoms with Crippen molar-refractivity contribution in [2.45, 2.75) is 26.8 Å². The van der Waals surface area contributed by atoms with E-state index < -0.39 is 0 Å². The van der Waals surface area contributed by atoms with Gasteiger partial charge in [-0.1, -0.05) is 44.5 Å². The number of hydrogen-bond donors (Lipinski definition) is 1. The van der Waals surface area contributed by atoms with Crippen LogP contribution in [-0.2, 0) is 0 Å². The van der Waals surface area contributed by atoms with E-state index in [-0.39, 0.29) is 23.9 Å². The highest BCUT2D eigenvalue weighted by atomic mass is 35.5. The zero-order valence-electron chi connectivity index (χ0n) is 8.75. The summed E-state index contributed by atoms with van der Waals surface area (Å²) in [5.74, 6) is 0. The molecule has 0 spiro atoms. The molecule has 0 fully saturated rings. The molecule has 0 radical (unpaired) electrons. The van der Waals surface area contributed by atoms with Crippen molar-refractivity contribution >= 4 is 24.0 Å².